The van der Waals surface area contributed by atoms with Crippen LogP contribution in [-0.2, 0) is 4.79 Å². The SMILES string of the molecule is CCCCN1C(=O)C(O)CC1c1ccc(N(C)C)cc1. The second kappa shape index (κ2) is 6.27. The third-order valence-corrected chi connectivity index (χ3v) is 3.94. The molecule has 0 radical (unpaired) electrons. The summed E-state index contributed by atoms with van der Waals surface area (Å²) in [4.78, 5) is 15.9. The highest BCUT2D eigenvalue weighted by atomic mass is 16.3. The average molecular weight is 276 g/mol. The second-order valence-electron chi connectivity index (χ2n) is 5.64. The van der Waals surface area contributed by atoms with Crippen molar-refractivity contribution in [2.75, 3.05) is 25.5 Å². The Hall–Kier alpha value is -1.55. The van der Waals surface area contributed by atoms with Crippen LogP contribution in [0.3, 0.4) is 0 Å². The fourth-order valence-electron chi connectivity index (χ4n) is 2.69. The predicted octanol–water partition coefficient (Wildman–Crippen LogP) is 2.19. The number of aliphatic hydroxyl groups excluding tert-OH is 1. The Bertz CT molecular complexity index is 456. The lowest BCUT2D eigenvalue weighted by atomic mass is 10.0. The van der Waals surface area contributed by atoms with Gasteiger partial charge in [0.25, 0.3) is 5.91 Å². The number of anilines is 1. The van der Waals surface area contributed by atoms with Crippen LogP contribution < -0.4 is 4.90 Å². The molecular formula is C16H24N2O2. The number of unbranched alkanes of at least 4 members (excludes halogenated alkanes) is 1. The van der Waals surface area contributed by atoms with Crippen molar-refractivity contribution in [2.45, 2.75) is 38.3 Å². The van der Waals surface area contributed by atoms with Crippen LogP contribution in [0, 0.1) is 0 Å². The fourth-order valence-corrected chi connectivity index (χ4v) is 2.69. The fraction of sp³-hybridized carbons (Fsp3) is 0.562. The lowest BCUT2D eigenvalue weighted by Gasteiger charge is -2.25. The van der Waals surface area contributed by atoms with E-state index >= 15 is 0 Å². The zero-order chi connectivity index (χ0) is 14.7. The predicted molar refractivity (Wildman–Crippen MR) is 80.8 cm³/mol. The molecule has 1 aromatic carbocycles. The maximum Gasteiger partial charge on any atom is 0.252 e. The van der Waals surface area contributed by atoms with E-state index in [0.717, 1.165) is 30.6 Å². The maximum atomic E-state index is 12.0. The third kappa shape index (κ3) is 2.96. The van der Waals surface area contributed by atoms with Gasteiger partial charge >= 0.3 is 0 Å². The maximum absolute atomic E-state index is 12.0. The number of nitrogens with zero attached hydrogens (tertiary/aromatic N) is 2. The van der Waals surface area contributed by atoms with Crippen LogP contribution in [0.5, 0.6) is 0 Å². The van der Waals surface area contributed by atoms with Gasteiger partial charge in [0.1, 0.15) is 6.10 Å². The van der Waals surface area contributed by atoms with Gasteiger partial charge < -0.3 is 14.9 Å². The van der Waals surface area contributed by atoms with E-state index in [2.05, 4.69) is 31.2 Å². The van der Waals surface area contributed by atoms with Gasteiger partial charge in [-0.05, 0) is 24.1 Å². The standard InChI is InChI=1S/C16H24N2O2/c1-4-5-10-18-14(11-15(19)16(18)20)12-6-8-13(9-7-12)17(2)3/h6-9,14-15,19H,4-5,10-11H2,1-3H3. The molecule has 1 amide bonds. The number of aliphatic hydroxyl groups is 1. The lowest BCUT2D eigenvalue weighted by Crippen LogP contribution is -2.31. The van der Waals surface area contributed by atoms with Crippen LogP contribution in [0.4, 0.5) is 5.69 Å². The Kier molecular flexibility index (Phi) is 4.65. The highest BCUT2D eigenvalue weighted by molar-refractivity contribution is 5.83. The first kappa shape index (κ1) is 14.9. The first-order valence-electron chi connectivity index (χ1n) is 7.30. The van der Waals surface area contributed by atoms with Crippen molar-refractivity contribution < 1.29 is 9.90 Å². The first-order valence-corrected chi connectivity index (χ1v) is 7.30. The molecule has 1 N–H and O–H groups in total. The summed E-state index contributed by atoms with van der Waals surface area (Å²) in [7, 11) is 4.01. The van der Waals surface area contributed by atoms with Crippen LogP contribution in [0.15, 0.2) is 24.3 Å². The van der Waals surface area contributed by atoms with E-state index in [-0.39, 0.29) is 11.9 Å². The van der Waals surface area contributed by atoms with Crippen molar-refractivity contribution in [3.8, 4) is 0 Å². The minimum absolute atomic E-state index is 0.0141. The zero-order valence-corrected chi connectivity index (χ0v) is 12.5. The second-order valence-corrected chi connectivity index (χ2v) is 5.64. The van der Waals surface area contributed by atoms with Gasteiger partial charge in [0.2, 0.25) is 0 Å². The molecule has 1 heterocycles. The molecule has 1 aliphatic rings. The summed E-state index contributed by atoms with van der Waals surface area (Å²) >= 11 is 0. The monoisotopic (exact) mass is 276 g/mol. The minimum atomic E-state index is -0.842. The number of amides is 1. The molecule has 1 saturated heterocycles. The molecule has 0 spiro atoms. The van der Waals surface area contributed by atoms with Crippen molar-refractivity contribution in [3.63, 3.8) is 0 Å². The van der Waals surface area contributed by atoms with Crippen LogP contribution in [0.1, 0.15) is 37.8 Å². The van der Waals surface area contributed by atoms with Crippen molar-refractivity contribution in [1.82, 2.24) is 4.90 Å². The molecule has 1 aromatic rings. The van der Waals surface area contributed by atoms with E-state index in [1.165, 1.54) is 0 Å². The quantitative estimate of drug-likeness (QED) is 0.896. The van der Waals surface area contributed by atoms with E-state index in [1.807, 2.05) is 23.9 Å². The Morgan fingerprint density at radius 1 is 1.30 bits per heavy atom. The third-order valence-electron chi connectivity index (χ3n) is 3.94. The van der Waals surface area contributed by atoms with E-state index in [1.54, 1.807) is 0 Å². The molecule has 0 aliphatic carbocycles. The van der Waals surface area contributed by atoms with Gasteiger partial charge in [-0.15, -0.1) is 0 Å². The van der Waals surface area contributed by atoms with Crippen molar-refractivity contribution in [2.24, 2.45) is 0 Å². The molecule has 1 fully saturated rings. The smallest absolute Gasteiger partial charge is 0.252 e. The summed E-state index contributed by atoms with van der Waals surface area (Å²) in [6.45, 7) is 2.84. The molecule has 4 heteroatoms. The molecule has 20 heavy (non-hydrogen) atoms. The minimum Gasteiger partial charge on any atom is -0.383 e. The number of carbonyl (C=O) groups is 1. The Morgan fingerprint density at radius 2 is 1.95 bits per heavy atom. The number of likely N-dealkylation sites (tertiary alicyclic amines) is 1. The molecule has 2 rings (SSSR count). The van der Waals surface area contributed by atoms with Gasteiger partial charge in [-0.2, -0.15) is 0 Å². The molecule has 0 bridgehead atoms. The van der Waals surface area contributed by atoms with Gasteiger partial charge in [-0.3, -0.25) is 4.79 Å². The molecule has 1 aliphatic heterocycles. The molecule has 110 valence electrons. The summed E-state index contributed by atoms with van der Waals surface area (Å²) in [6, 6.07) is 8.25. The van der Waals surface area contributed by atoms with Gasteiger partial charge in [0.05, 0.1) is 6.04 Å². The van der Waals surface area contributed by atoms with Crippen LogP contribution >= 0.6 is 0 Å². The van der Waals surface area contributed by atoms with Gasteiger partial charge in [-0.25, -0.2) is 0 Å². The molecule has 0 saturated carbocycles. The normalized spacial score (nSPS) is 22.4. The topological polar surface area (TPSA) is 43.8 Å². The van der Waals surface area contributed by atoms with Crippen LogP contribution in [0.25, 0.3) is 0 Å². The summed E-state index contributed by atoms with van der Waals surface area (Å²) in [5.74, 6) is -0.125. The number of rotatable bonds is 5. The lowest BCUT2D eigenvalue weighted by molar-refractivity contribution is -0.135. The molecule has 2 atom stereocenters. The highest BCUT2D eigenvalue weighted by Gasteiger charge is 2.38. The van der Waals surface area contributed by atoms with Gasteiger partial charge in [-0.1, -0.05) is 25.5 Å². The number of hydrogen-bond acceptors (Lipinski definition) is 3. The first-order chi connectivity index (χ1) is 9.54. The molecule has 2 unspecified atom stereocenters. The van der Waals surface area contributed by atoms with E-state index in [9.17, 15) is 9.90 Å². The Balaban J connectivity index is 2.18. The summed E-state index contributed by atoms with van der Waals surface area (Å²) in [5, 5.41) is 9.84. The summed E-state index contributed by atoms with van der Waals surface area (Å²) in [5.41, 5.74) is 2.25. The summed E-state index contributed by atoms with van der Waals surface area (Å²) in [6.07, 6.45) is 1.69. The van der Waals surface area contributed by atoms with E-state index in [0.29, 0.717) is 6.42 Å². The zero-order valence-electron chi connectivity index (χ0n) is 12.5. The summed E-state index contributed by atoms with van der Waals surface area (Å²) < 4.78 is 0. The van der Waals surface area contributed by atoms with Gasteiger partial charge in [0.15, 0.2) is 0 Å². The molecular weight excluding hydrogens is 252 g/mol. The Labute approximate surface area is 121 Å². The number of benzene rings is 1. The van der Waals surface area contributed by atoms with Crippen molar-refractivity contribution in [3.05, 3.63) is 29.8 Å². The Morgan fingerprint density at radius 3 is 2.50 bits per heavy atom. The number of hydrogen-bond donors (Lipinski definition) is 1. The van der Waals surface area contributed by atoms with Gasteiger partial charge in [0, 0.05) is 32.7 Å². The van der Waals surface area contributed by atoms with Crippen LogP contribution in [-0.4, -0.2) is 42.7 Å². The largest absolute Gasteiger partial charge is 0.383 e. The number of carbonyl (C=O) groups excluding carboxylic acids is 1. The van der Waals surface area contributed by atoms with Crippen molar-refractivity contribution in [1.29, 1.82) is 0 Å². The highest BCUT2D eigenvalue weighted by Crippen LogP contribution is 2.33. The van der Waals surface area contributed by atoms with E-state index < -0.39 is 6.10 Å². The van der Waals surface area contributed by atoms with E-state index in [4.69, 9.17) is 0 Å². The molecule has 4 nitrogen and oxygen atoms in total. The van der Waals surface area contributed by atoms with Crippen LogP contribution in [0.2, 0.25) is 0 Å². The molecule has 0 aromatic heterocycles. The average Bonchev–Trinajstić information content (AvgIpc) is 2.72. The van der Waals surface area contributed by atoms with Crippen molar-refractivity contribution >= 4 is 11.6 Å².